The average Bonchev–Trinajstić information content (AvgIpc) is 2.33. The smallest absolute Gasteiger partial charge is 0.348 e. The zero-order chi connectivity index (χ0) is 16.4. The maximum atomic E-state index is 13.2. The van der Waals surface area contributed by atoms with Crippen LogP contribution in [0.25, 0.3) is 0 Å². The molecule has 0 fully saturated rings. The molecule has 1 aromatic rings. The highest BCUT2D eigenvalue weighted by Crippen LogP contribution is 2.32. The maximum absolute atomic E-state index is 13.2. The van der Waals surface area contributed by atoms with E-state index in [-0.39, 0.29) is 17.5 Å². The first-order chi connectivity index (χ1) is 9.46. The number of nitrogens with one attached hydrogen (secondary N) is 1. The Bertz CT molecular complexity index is 521. The minimum absolute atomic E-state index is 0.141. The van der Waals surface area contributed by atoms with Crippen LogP contribution in [0.5, 0.6) is 0 Å². The Morgan fingerprint density at radius 2 is 1.86 bits per heavy atom. The molecule has 1 rings (SSSR count). The molecule has 0 heterocycles. The third-order valence-electron chi connectivity index (χ3n) is 3.12. The predicted molar refractivity (Wildman–Crippen MR) is 71.2 cm³/mol. The van der Waals surface area contributed by atoms with E-state index >= 15 is 0 Å². The summed E-state index contributed by atoms with van der Waals surface area (Å²) in [6.07, 6.45) is -4.85. The van der Waals surface area contributed by atoms with Crippen LogP contribution in [0.2, 0.25) is 0 Å². The molecule has 1 unspecified atom stereocenters. The molecule has 3 N–H and O–H groups in total. The second-order valence-electron chi connectivity index (χ2n) is 5.82. The molecule has 0 saturated heterocycles. The molecule has 7 heteroatoms. The zero-order valence-corrected chi connectivity index (χ0v) is 12.0. The van der Waals surface area contributed by atoms with Crippen LogP contribution in [0.3, 0.4) is 0 Å². The lowest BCUT2D eigenvalue weighted by Crippen LogP contribution is -2.48. The van der Waals surface area contributed by atoms with Crippen LogP contribution in [0.4, 0.5) is 17.6 Å². The fraction of sp³-hybridized carbons (Fsp3) is 0.500. The van der Waals surface area contributed by atoms with Crippen molar-refractivity contribution in [3.8, 4) is 0 Å². The molecule has 0 spiro atoms. The van der Waals surface area contributed by atoms with Crippen molar-refractivity contribution in [3.63, 3.8) is 0 Å². The number of nitrogens with two attached hydrogens (primary N) is 1. The zero-order valence-electron chi connectivity index (χ0n) is 12.0. The van der Waals surface area contributed by atoms with Gasteiger partial charge in [0, 0.05) is 18.2 Å². The monoisotopic (exact) mass is 306 g/mol. The molecule has 1 amide bonds. The fourth-order valence-electron chi connectivity index (χ4n) is 1.75. The van der Waals surface area contributed by atoms with Crippen LogP contribution in [-0.2, 0) is 6.18 Å². The highest BCUT2D eigenvalue weighted by atomic mass is 19.4. The minimum atomic E-state index is -4.85. The number of hydrogen-bond acceptors (Lipinski definition) is 2. The van der Waals surface area contributed by atoms with Gasteiger partial charge < -0.3 is 11.1 Å². The summed E-state index contributed by atoms with van der Waals surface area (Å²) in [5.74, 6) is -2.13. The molecule has 118 valence electrons. The molecule has 0 aromatic heterocycles. The third-order valence-corrected chi connectivity index (χ3v) is 3.12. The molecular weight excluding hydrogens is 288 g/mol. The molecule has 1 aromatic carbocycles. The second-order valence-corrected chi connectivity index (χ2v) is 5.82. The molecule has 3 nitrogen and oxygen atoms in total. The normalized spacial score (nSPS) is 13.9. The second kappa shape index (κ2) is 6.01. The molecule has 0 aliphatic rings. The molecule has 1 atom stereocenters. The van der Waals surface area contributed by atoms with Crippen molar-refractivity contribution in [2.75, 3.05) is 6.54 Å². The van der Waals surface area contributed by atoms with Crippen molar-refractivity contribution in [1.82, 2.24) is 5.32 Å². The van der Waals surface area contributed by atoms with Gasteiger partial charge in [-0.3, -0.25) is 4.79 Å². The van der Waals surface area contributed by atoms with Crippen molar-refractivity contribution in [3.05, 3.63) is 35.1 Å². The fourth-order valence-corrected chi connectivity index (χ4v) is 1.75. The predicted octanol–water partition coefficient (Wildman–Crippen LogP) is 2.95. The number of amides is 1. The van der Waals surface area contributed by atoms with Gasteiger partial charge in [0.05, 0.1) is 5.56 Å². The largest absolute Gasteiger partial charge is 0.419 e. The van der Waals surface area contributed by atoms with E-state index in [0.717, 1.165) is 6.07 Å². The molecule has 0 saturated carbocycles. The summed E-state index contributed by atoms with van der Waals surface area (Å²) in [6.45, 7) is 5.67. The highest BCUT2D eigenvalue weighted by molar-refractivity contribution is 5.94. The van der Waals surface area contributed by atoms with Crippen molar-refractivity contribution < 1.29 is 22.4 Å². The summed E-state index contributed by atoms with van der Waals surface area (Å²) in [5.41, 5.74) is 3.48. The first-order valence-corrected chi connectivity index (χ1v) is 6.34. The van der Waals surface area contributed by atoms with Gasteiger partial charge in [0.2, 0.25) is 0 Å². The van der Waals surface area contributed by atoms with Gasteiger partial charge in [-0.1, -0.05) is 20.8 Å². The Morgan fingerprint density at radius 1 is 1.29 bits per heavy atom. The first-order valence-electron chi connectivity index (χ1n) is 6.34. The summed E-state index contributed by atoms with van der Waals surface area (Å²) >= 11 is 0. The van der Waals surface area contributed by atoms with Gasteiger partial charge in [0.25, 0.3) is 5.91 Å². The highest BCUT2D eigenvalue weighted by Gasteiger charge is 2.35. The molecule has 0 aliphatic heterocycles. The van der Waals surface area contributed by atoms with Crippen LogP contribution < -0.4 is 11.1 Å². The molecule has 0 bridgehead atoms. The summed E-state index contributed by atoms with van der Waals surface area (Å²) in [7, 11) is 0. The quantitative estimate of drug-likeness (QED) is 0.844. The number of carbonyl (C=O) groups is 1. The third kappa shape index (κ3) is 4.42. The van der Waals surface area contributed by atoms with E-state index in [2.05, 4.69) is 5.32 Å². The SMILES string of the molecule is CC(C)(C)C(CN)NC(=O)c1ccc(F)c(C(F)(F)F)c1. The van der Waals surface area contributed by atoms with E-state index in [1.54, 1.807) is 0 Å². The van der Waals surface area contributed by atoms with Crippen LogP contribution in [0, 0.1) is 11.2 Å². The van der Waals surface area contributed by atoms with Gasteiger partial charge in [-0.05, 0) is 23.6 Å². The molecular formula is C14H18F4N2O. The Kier molecular flexibility index (Phi) is 4.99. The van der Waals surface area contributed by atoms with Gasteiger partial charge >= 0.3 is 6.18 Å². The average molecular weight is 306 g/mol. The van der Waals surface area contributed by atoms with Crippen LogP contribution in [0.1, 0.15) is 36.7 Å². The lowest BCUT2D eigenvalue weighted by molar-refractivity contribution is -0.140. The summed E-state index contributed by atoms with van der Waals surface area (Å²) < 4.78 is 51.0. The number of hydrogen-bond donors (Lipinski definition) is 2. The Balaban J connectivity index is 3.04. The number of halogens is 4. The van der Waals surface area contributed by atoms with Gasteiger partial charge in [-0.2, -0.15) is 13.2 Å². The summed E-state index contributed by atoms with van der Waals surface area (Å²) in [6, 6.07) is 1.73. The minimum Gasteiger partial charge on any atom is -0.348 e. The van der Waals surface area contributed by atoms with E-state index < -0.39 is 29.5 Å². The summed E-state index contributed by atoms with van der Waals surface area (Å²) in [4.78, 5) is 12.0. The number of carbonyl (C=O) groups excluding carboxylic acids is 1. The van der Waals surface area contributed by atoms with Crippen molar-refractivity contribution >= 4 is 5.91 Å². The Hall–Kier alpha value is -1.63. The van der Waals surface area contributed by atoms with Gasteiger partial charge in [-0.25, -0.2) is 4.39 Å². The Morgan fingerprint density at radius 3 is 2.29 bits per heavy atom. The van der Waals surface area contributed by atoms with Crippen LogP contribution in [0.15, 0.2) is 18.2 Å². The van der Waals surface area contributed by atoms with Gasteiger partial charge in [0.15, 0.2) is 0 Å². The lowest BCUT2D eigenvalue weighted by atomic mass is 9.86. The van der Waals surface area contributed by atoms with E-state index in [4.69, 9.17) is 5.73 Å². The standard InChI is InChI=1S/C14H18F4N2O/c1-13(2,3)11(7-19)20-12(21)8-4-5-10(15)9(6-8)14(16,17)18/h4-6,11H,7,19H2,1-3H3,(H,20,21). The topological polar surface area (TPSA) is 55.1 Å². The van der Waals surface area contributed by atoms with Gasteiger partial charge in [-0.15, -0.1) is 0 Å². The molecule has 21 heavy (non-hydrogen) atoms. The van der Waals surface area contributed by atoms with Crippen LogP contribution >= 0.6 is 0 Å². The van der Waals surface area contributed by atoms with E-state index in [1.807, 2.05) is 20.8 Å². The molecule has 0 radical (unpaired) electrons. The summed E-state index contributed by atoms with van der Waals surface area (Å²) in [5, 5.41) is 2.57. The van der Waals surface area contributed by atoms with Crippen molar-refractivity contribution in [2.24, 2.45) is 11.1 Å². The maximum Gasteiger partial charge on any atom is 0.419 e. The molecule has 0 aliphatic carbocycles. The van der Waals surface area contributed by atoms with E-state index in [0.29, 0.717) is 12.1 Å². The van der Waals surface area contributed by atoms with E-state index in [1.165, 1.54) is 0 Å². The van der Waals surface area contributed by atoms with Gasteiger partial charge in [0.1, 0.15) is 5.82 Å². The van der Waals surface area contributed by atoms with Crippen molar-refractivity contribution in [2.45, 2.75) is 33.0 Å². The number of alkyl halides is 3. The number of rotatable bonds is 3. The Labute approximate surface area is 120 Å². The lowest BCUT2D eigenvalue weighted by Gasteiger charge is -2.30. The van der Waals surface area contributed by atoms with Crippen molar-refractivity contribution in [1.29, 1.82) is 0 Å². The number of benzene rings is 1. The first kappa shape index (κ1) is 17.4. The van der Waals surface area contributed by atoms with Crippen LogP contribution in [-0.4, -0.2) is 18.5 Å². The van der Waals surface area contributed by atoms with E-state index in [9.17, 15) is 22.4 Å².